The molecule has 3 N–H and O–H groups in total. The first-order valence-electron chi connectivity index (χ1n) is 11.1. The van der Waals surface area contributed by atoms with Crippen LogP contribution in [0, 0.1) is 0 Å². The van der Waals surface area contributed by atoms with E-state index in [2.05, 4.69) is 20.6 Å². The van der Waals surface area contributed by atoms with Gasteiger partial charge in [0.1, 0.15) is 17.5 Å². The van der Waals surface area contributed by atoms with Crippen molar-refractivity contribution in [3.05, 3.63) is 53.6 Å². The maximum atomic E-state index is 12.9. The van der Waals surface area contributed by atoms with Crippen LogP contribution in [0.2, 0.25) is 0 Å². The van der Waals surface area contributed by atoms with Gasteiger partial charge in [-0.05, 0) is 39.2 Å². The van der Waals surface area contributed by atoms with Gasteiger partial charge >= 0.3 is 6.09 Å². The number of nitrogens with zero attached hydrogens (tertiary/aromatic N) is 1. The number of rotatable bonds is 7. The minimum absolute atomic E-state index is 0.261. The van der Waals surface area contributed by atoms with Crippen molar-refractivity contribution in [3.8, 4) is 0 Å². The van der Waals surface area contributed by atoms with Gasteiger partial charge in [0.05, 0.1) is 0 Å². The molecule has 1 heterocycles. The smallest absolute Gasteiger partial charge is 0.408 e. The van der Waals surface area contributed by atoms with Gasteiger partial charge < -0.3 is 20.4 Å². The fourth-order valence-electron chi connectivity index (χ4n) is 3.85. The lowest BCUT2D eigenvalue weighted by molar-refractivity contribution is -0.123. The summed E-state index contributed by atoms with van der Waals surface area (Å²) in [6, 6.07) is 8.91. The minimum atomic E-state index is -0.766. The number of carbonyl (C=O) groups excluding carboxylic acids is 2. The molecule has 1 aromatic heterocycles. The van der Waals surface area contributed by atoms with E-state index in [9.17, 15) is 9.59 Å². The summed E-state index contributed by atoms with van der Waals surface area (Å²) in [5, 5.41) is 5.64. The number of H-pyrrole nitrogens is 1. The van der Waals surface area contributed by atoms with Crippen LogP contribution < -0.4 is 10.6 Å². The second kappa shape index (κ2) is 10.5. The fraction of sp³-hybridized carbons (Fsp3) is 0.542. The van der Waals surface area contributed by atoms with Crippen LogP contribution in [0.4, 0.5) is 4.79 Å². The van der Waals surface area contributed by atoms with Gasteiger partial charge in [-0.15, -0.1) is 0 Å². The molecule has 0 spiro atoms. The lowest BCUT2D eigenvalue weighted by Crippen LogP contribution is -2.49. The number of hydrogen-bond acceptors (Lipinski definition) is 4. The van der Waals surface area contributed by atoms with E-state index in [0.717, 1.165) is 29.9 Å². The summed E-state index contributed by atoms with van der Waals surface area (Å²) >= 11 is 0. The molecular weight excluding hydrogens is 392 g/mol. The van der Waals surface area contributed by atoms with Crippen LogP contribution in [-0.4, -0.2) is 33.6 Å². The lowest BCUT2D eigenvalue weighted by Gasteiger charge is -2.23. The zero-order valence-corrected chi connectivity index (χ0v) is 18.7. The monoisotopic (exact) mass is 426 g/mol. The summed E-state index contributed by atoms with van der Waals surface area (Å²) in [7, 11) is 0. The third kappa shape index (κ3) is 7.42. The molecule has 0 unspecified atom stereocenters. The summed E-state index contributed by atoms with van der Waals surface area (Å²) in [6.45, 7) is 5.77. The van der Waals surface area contributed by atoms with E-state index in [0.29, 0.717) is 18.9 Å². The predicted octanol–water partition coefficient (Wildman–Crippen LogP) is 4.21. The summed E-state index contributed by atoms with van der Waals surface area (Å²) in [5.41, 5.74) is 1.18. The highest BCUT2D eigenvalue weighted by Crippen LogP contribution is 2.30. The highest BCUT2D eigenvalue weighted by Gasteiger charge is 2.26. The van der Waals surface area contributed by atoms with Gasteiger partial charge in [0.25, 0.3) is 0 Å². The molecule has 2 amide bonds. The molecular formula is C24H34N4O3. The standard InChI is InChI=1S/C24H34N4O3/c1-24(2,3)31-23(30)28-20(22(29)26-15-17-10-6-4-7-11-17)14-19-16-25-21(27-19)18-12-8-5-9-13-18/h4,6-7,10-11,16,18,20H,5,8-9,12-15H2,1-3H3,(H,25,27)(H,26,29)(H,28,30)/t20-/m0/s1. The lowest BCUT2D eigenvalue weighted by atomic mass is 9.89. The Labute approximate surface area is 184 Å². The number of benzene rings is 1. The van der Waals surface area contributed by atoms with Crippen molar-refractivity contribution >= 4 is 12.0 Å². The molecule has 7 nitrogen and oxygen atoms in total. The highest BCUT2D eigenvalue weighted by molar-refractivity contribution is 5.85. The fourth-order valence-corrected chi connectivity index (χ4v) is 3.85. The molecule has 0 radical (unpaired) electrons. The van der Waals surface area contributed by atoms with Crippen LogP contribution in [0.3, 0.4) is 0 Å². The Hall–Kier alpha value is -2.83. The zero-order valence-electron chi connectivity index (χ0n) is 18.7. The van der Waals surface area contributed by atoms with Crippen molar-refractivity contribution in [2.75, 3.05) is 0 Å². The van der Waals surface area contributed by atoms with E-state index in [1.807, 2.05) is 30.3 Å². The van der Waals surface area contributed by atoms with Gasteiger partial charge in [-0.3, -0.25) is 4.79 Å². The normalized spacial score (nSPS) is 15.8. The van der Waals surface area contributed by atoms with Crippen molar-refractivity contribution in [3.63, 3.8) is 0 Å². The second-order valence-electron chi connectivity index (χ2n) is 9.23. The van der Waals surface area contributed by atoms with Crippen LogP contribution in [-0.2, 0) is 22.5 Å². The van der Waals surface area contributed by atoms with E-state index in [4.69, 9.17) is 4.74 Å². The van der Waals surface area contributed by atoms with Crippen molar-refractivity contribution in [2.45, 2.75) is 83.4 Å². The van der Waals surface area contributed by atoms with Crippen LogP contribution >= 0.6 is 0 Å². The van der Waals surface area contributed by atoms with Crippen LogP contribution in [0.15, 0.2) is 36.5 Å². The Morgan fingerprint density at radius 1 is 1.16 bits per heavy atom. The minimum Gasteiger partial charge on any atom is -0.444 e. The molecule has 1 aliphatic rings. The molecule has 2 aromatic rings. The molecule has 1 atom stereocenters. The Kier molecular flexibility index (Phi) is 7.71. The van der Waals surface area contributed by atoms with E-state index >= 15 is 0 Å². The van der Waals surface area contributed by atoms with E-state index in [1.165, 1.54) is 19.3 Å². The Morgan fingerprint density at radius 3 is 2.55 bits per heavy atom. The predicted molar refractivity (Wildman–Crippen MR) is 120 cm³/mol. The summed E-state index contributed by atoms with van der Waals surface area (Å²) in [5.74, 6) is 1.17. The second-order valence-corrected chi connectivity index (χ2v) is 9.23. The van der Waals surface area contributed by atoms with Crippen molar-refractivity contribution in [1.29, 1.82) is 0 Å². The van der Waals surface area contributed by atoms with Crippen LogP contribution in [0.25, 0.3) is 0 Å². The first-order chi connectivity index (χ1) is 14.8. The van der Waals surface area contributed by atoms with Gasteiger partial charge in [0, 0.05) is 30.8 Å². The molecule has 1 saturated carbocycles. The van der Waals surface area contributed by atoms with Gasteiger partial charge in [-0.2, -0.15) is 0 Å². The average molecular weight is 427 g/mol. The van der Waals surface area contributed by atoms with Crippen molar-refractivity contribution in [1.82, 2.24) is 20.6 Å². The van der Waals surface area contributed by atoms with Crippen molar-refractivity contribution in [2.24, 2.45) is 0 Å². The topological polar surface area (TPSA) is 96.1 Å². The number of ether oxygens (including phenoxy) is 1. The first kappa shape index (κ1) is 22.8. The number of nitrogens with one attached hydrogen (secondary N) is 3. The van der Waals surface area contributed by atoms with Gasteiger partial charge in [0.15, 0.2) is 0 Å². The van der Waals surface area contributed by atoms with E-state index in [-0.39, 0.29) is 5.91 Å². The third-order valence-corrected chi connectivity index (χ3v) is 5.38. The number of aromatic nitrogens is 2. The highest BCUT2D eigenvalue weighted by atomic mass is 16.6. The molecule has 0 saturated heterocycles. The Balaban J connectivity index is 1.66. The van der Waals surface area contributed by atoms with Gasteiger partial charge in [-0.1, -0.05) is 49.6 Å². The molecule has 0 bridgehead atoms. The molecule has 31 heavy (non-hydrogen) atoms. The molecule has 1 aromatic carbocycles. The number of amides is 2. The van der Waals surface area contributed by atoms with Crippen molar-refractivity contribution < 1.29 is 14.3 Å². The molecule has 168 valence electrons. The Morgan fingerprint density at radius 2 is 1.87 bits per heavy atom. The van der Waals surface area contributed by atoms with E-state index in [1.54, 1.807) is 27.0 Å². The SMILES string of the molecule is CC(C)(C)OC(=O)N[C@@H](Cc1cnc(C2CCCCC2)[nH]1)C(=O)NCc1ccccc1. The molecule has 3 rings (SSSR count). The maximum absolute atomic E-state index is 12.9. The molecule has 1 aliphatic carbocycles. The largest absolute Gasteiger partial charge is 0.444 e. The number of carbonyl (C=O) groups is 2. The number of imidazole rings is 1. The van der Waals surface area contributed by atoms with Crippen LogP contribution in [0.1, 0.15) is 75.9 Å². The Bertz CT molecular complexity index is 851. The van der Waals surface area contributed by atoms with Crippen LogP contribution in [0.5, 0.6) is 0 Å². The molecule has 7 heteroatoms. The zero-order chi connectivity index (χ0) is 22.3. The van der Waals surface area contributed by atoms with Gasteiger partial charge in [0.2, 0.25) is 5.91 Å². The maximum Gasteiger partial charge on any atom is 0.408 e. The third-order valence-electron chi connectivity index (χ3n) is 5.38. The van der Waals surface area contributed by atoms with E-state index < -0.39 is 17.7 Å². The molecule has 0 aliphatic heterocycles. The number of hydrogen-bond donors (Lipinski definition) is 3. The average Bonchev–Trinajstić information content (AvgIpc) is 3.20. The first-order valence-corrected chi connectivity index (χ1v) is 11.1. The number of aromatic amines is 1. The molecule has 1 fully saturated rings. The quantitative estimate of drug-likeness (QED) is 0.618. The summed E-state index contributed by atoms with van der Waals surface area (Å²) < 4.78 is 5.36. The summed E-state index contributed by atoms with van der Waals surface area (Å²) in [6.07, 6.45) is 7.51. The van der Waals surface area contributed by atoms with Gasteiger partial charge in [-0.25, -0.2) is 9.78 Å². The summed E-state index contributed by atoms with van der Waals surface area (Å²) in [4.78, 5) is 33.2. The number of alkyl carbamates (subject to hydrolysis) is 1.